The molecule has 0 radical (unpaired) electrons. The molecule has 2 fully saturated rings. The molecular formula is C23H28ClF3N2O2. The van der Waals surface area contributed by atoms with Crippen LogP contribution in [0.25, 0.3) is 0 Å². The molecule has 4 rings (SSSR count). The van der Waals surface area contributed by atoms with Crippen molar-refractivity contribution in [3.63, 3.8) is 0 Å². The number of hydrogen-bond acceptors (Lipinski definition) is 2. The van der Waals surface area contributed by atoms with E-state index in [9.17, 15) is 22.8 Å². The van der Waals surface area contributed by atoms with E-state index in [0.717, 1.165) is 19.3 Å². The van der Waals surface area contributed by atoms with E-state index in [1.165, 1.54) is 11.1 Å². The normalized spacial score (nSPS) is 31.3. The molecule has 0 spiro atoms. The van der Waals surface area contributed by atoms with Gasteiger partial charge in [0.15, 0.2) is 0 Å². The fraction of sp³-hybridized carbons (Fsp3) is 0.652. The quantitative estimate of drug-likeness (QED) is 0.669. The van der Waals surface area contributed by atoms with Gasteiger partial charge in [0.25, 0.3) is 0 Å². The molecule has 3 aliphatic rings. The highest BCUT2D eigenvalue weighted by molar-refractivity contribution is 6.22. The lowest BCUT2D eigenvalue weighted by Gasteiger charge is -2.35. The van der Waals surface area contributed by atoms with Crippen LogP contribution >= 0.6 is 11.6 Å². The lowest BCUT2D eigenvalue weighted by Crippen LogP contribution is -2.51. The fourth-order valence-electron chi connectivity index (χ4n) is 5.48. The molecule has 2 amide bonds. The monoisotopic (exact) mass is 456 g/mol. The lowest BCUT2D eigenvalue weighted by molar-refractivity contribution is -0.184. The minimum atomic E-state index is -4.40. The van der Waals surface area contributed by atoms with Crippen LogP contribution in [0.1, 0.15) is 49.7 Å². The van der Waals surface area contributed by atoms with Crippen molar-refractivity contribution < 1.29 is 22.8 Å². The van der Waals surface area contributed by atoms with Crippen LogP contribution in [0, 0.1) is 17.8 Å². The molecule has 2 N–H and O–H groups in total. The van der Waals surface area contributed by atoms with Gasteiger partial charge in [0.2, 0.25) is 11.8 Å². The van der Waals surface area contributed by atoms with Crippen molar-refractivity contribution in [1.82, 2.24) is 10.6 Å². The first-order valence-corrected chi connectivity index (χ1v) is 11.6. The zero-order valence-corrected chi connectivity index (χ0v) is 18.0. The van der Waals surface area contributed by atoms with Gasteiger partial charge in [-0.05, 0) is 49.7 Å². The van der Waals surface area contributed by atoms with Gasteiger partial charge in [-0.1, -0.05) is 37.1 Å². The first-order chi connectivity index (χ1) is 14.7. The SMILES string of the molecule is O=C(NC1Cc2ccccc2C1)C1CCCC1NC(=O)C1CCCC(C(F)(F)F)C1Cl. The number of amides is 2. The van der Waals surface area contributed by atoms with Crippen molar-refractivity contribution in [2.24, 2.45) is 17.8 Å². The van der Waals surface area contributed by atoms with Crippen LogP contribution in [0.3, 0.4) is 0 Å². The van der Waals surface area contributed by atoms with E-state index in [1.807, 2.05) is 12.1 Å². The van der Waals surface area contributed by atoms with Crippen LogP contribution in [0.5, 0.6) is 0 Å². The van der Waals surface area contributed by atoms with Crippen molar-refractivity contribution in [3.8, 4) is 0 Å². The number of fused-ring (bicyclic) bond motifs is 1. The van der Waals surface area contributed by atoms with Gasteiger partial charge in [-0.3, -0.25) is 9.59 Å². The van der Waals surface area contributed by atoms with Crippen molar-refractivity contribution in [1.29, 1.82) is 0 Å². The fourth-order valence-corrected chi connectivity index (χ4v) is 5.99. The number of halogens is 4. The maximum atomic E-state index is 13.2. The van der Waals surface area contributed by atoms with Crippen molar-refractivity contribution in [2.45, 2.75) is 75.0 Å². The molecule has 170 valence electrons. The van der Waals surface area contributed by atoms with E-state index >= 15 is 0 Å². The third kappa shape index (κ3) is 4.86. The molecule has 4 nitrogen and oxygen atoms in total. The summed E-state index contributed by atoms with van der Waals surface area (Å²) in [6, 6.07) is 7.81. The van der Waals surface area contributed by atoms with E-state index in [4.69, 9.17) is 11.6 Å². The van der Waals surface area contributed by atoms with Crippen LogP contribution in [-0.4, -0.2) is 35.5 Å². The predicted octanol–water partition coefficient (Wildman–Crippen LogP) is 4.14. The highest BCUT2D eigenvalue weighted by Crippen LogP contribution is 2.43. The summed E-state index contributed by atoms with van der Waals surface area (Å²) in [5.41, 5.74) is 2.49. The number of carbonyl (C=O) groups is 2. The van der Waals surface area contributed by atoms with Crippen molar-refractivity contribution in [2.75, 3.05) is 0 Å². The molecule has 1 aromatic carbocycles. The third-order valence-corrected chi connectivity index (χ3v) is 7.74. The number of hydrogen-bond donors (Lipinski definition) is 2. The zero-order chi connectivity index (χ0) is 22.2. The van der Waals surface area contributed by atoms with E-state index in [1.54, 1.807) is 0 Å². The number of alkyl halides is 4. The smallest absolute Gasteiger partial charge is 0.352 e. The molecule has 0 aromatic heterocycles. The molecule has 2 saturated carbocycles. The van der Waals surface area contributed by atoms with Gasteiger partial charge in [0, 0.05) is 12.1 Å². The highest BCUT2D eigenvalue weighted by Gasteiger charge is 2.50. The van der Waals surface area contributed by atoms with E-state index in [-0.39, 0.29) is 30.3 Å². The van der Waals surface area contributed by atoms with Gasteiger partial charge in [0.05, 0.1) is 23.1 Å². The average molecular weight is 457 g/mol. The Kier molecular flexibility index (Phi) is 6.52. The summed E-state index contributed by atoms with van der Waals surface area (Å²) in [4.78, 5) is 25.7. The predicted molar refractivity (Wildman–Crippen MR) is 112 cm³/mol. The average Bonchev–Trinajstić information content (AvgIpc) is 3.33. The summed E-state index contributed by atoms with van der Waals surface area (Å²) in [6.45, 7) is 0. The Balaban J connectivity index is 1.34. The van der Waals surface area contributed by atoms with Crippen LogP contribution < -0.4 is 10.6 Å². The largest absolute Gasteiger partial charge is 0.393 e. The molecular weight excluding hydrogens is 429 g/mol. The molecule has 0 bridgehead atoms. The Morgan fingerprint density at radius 3 is 2.10 bits per heavy atom. The molecule has 5 unspecified atom stereocenters. The first-order valence-electron chi connectivity index (χ1n) is 11.1. The second kappa shape index (κ2) is 9.00. The first kappa shape index (κ1) is 22.4. The van der Waals surface area contributed by atoms with Gasteiger partial charge >= 0.3 is 6.18 Å². The summed E-state index contributed by atoms with van der Waals surface area (Å²) >= 11 is 6.11. The molecule has 0 saturated heterocycles. The minimum Gasteiger partial charge on any atom is -0.352 e. The summed E-state index contributed by atoms with van der Waals surface area (Å²) in [5.74, 6) is -3.43. The zero-order valence-electron chi connectivity index (χ0n) is 17.3. The van der Waals surface area contributed by atoms with E-state index < -0.39 is 29.3 Å². The Morgan fingerprint density at radius 2 is 1.45 bits per heavy atom. The van der Waals surface area contributed by atoms with Gasteiger partial charge < -0.3 is 10.6 Å². The number of nitrogens with one attached hydrogen (secondary N) is 2. The van der Waals surface area contributed by atoms with Crippen molar-refractivity contribution >= 4 is 23.4 Å². The maximum Gasteiger partial charge on any atom is 0.393 e. The molecule has 8 heteroatoms. The van der Waals surface area contributed by atoms with E-state index in [0.29, 0.717) is 25.7 Å². The number of benzene rings is 1. The van der Waals surface area contributed by atoms with Crippen LogP contribution in [0.4, 0.5) is 13.2 Å². The highest BCUT2D eigenvalue weighted by atomic mass is 35.5. The van der Waals surface area contributed by atoms with Crippen LogP contribution in [-0.2, 0) is 22.4 Å². The van der Waals surface area contributed by atoms with Gasteiger partial charge in [-0.15, -0.1) is 11.6 Å². The topological polar surface area (TPSA) is 58.2 Å². The van der Waals surface area contributed by atoms with Gasteiger partial charge in [-0.2, -0.15) is 13.2 Å². The lowest BCUT2D eigenvalue weighted by atomic mass is 9.79. The molecule has 5 atom stereocenters. The summed E-state index contributed by atoms with van der Waals surface area (Å²) < 4.78 is 39.7. The Morgan fingerprint density at radius 1 is 0.871 bits per heavy atom. The van der Waals surface area contributed by atoms with Crippen LogP contribution in [0.2, 0.25) is 0 Å². The molecule has 0 heterocycles. The Hall–Kier alpha value is -1.76. The summed E-state index contributed by atoms with van der Waals surface area (Å²) in [7, 11) is 0. The molecule has 3 aliphatic carbocycles. The Bertz CT molecular complexity index is 806. The Labute approximate surface area is 185 Å². The second-order valence-electron chi connectivity index (χ2n) is 9.16. The third-order valence-electron chi connectivity index (χ3n) is 7.13. The van der Waals surface area contributed by atoms with Crippen molar-refractivity contribution in [3.05, 3.63) is 35.4 Å². The number of rotatable bonds is 4. The second-order valence-corrected chi connectivity index (χ2v) is 9.67. The van der Waals surface area contributed by atoms with Gasteiger partial charge in [0.1, 0.15) is 0 Å². The summed E-state index contributed by atoms with van der Waals surface area (Å²) in [5, 5.41) is 4.73. The van der Waals surface area contributed by atoms with Gasteiger partial charge in [-0.25, -0.2) is 0 Å². The minimum absolute atomic E-state index is 0.0416. The van der Waals surface area contributed by atoms with Crippen LogP contribution in [0.15, 0.2) is 24.3 Å². The molecule has 1 aromatic rings. The standard InChI is InChI=1S/C23H28ClF3N2O2/c24-20-17(8-3-9-18(20)23(25,26)27)22(31)29-19-10-4-7-16(19)21(30)28-15-11-13-5-1-2-6-14(13)12-15/h1-2,5-6,15-20H,3-4,7-12H2,(H,28,30)(H,29,31). The van der Waals surface area contributed by atoms with E-state index in [2.05, 4.69) is 22.8 Å². The molecule has 31 heavy (non-hydrogen) atoms. The maximum absolute atomic E-state index is 13.2. The molecule has 0 aliphatic heterocycles. The summed E-state index contributed by atoms with van der Waals surface area (Å²) in [6.07, 6.45) is -0.0821. The number of carbonyl (C=O) groups excluding carboxylic acids is 2.